The number of amides is 1. The number of carbonyl (C=O) groups excluding carboxylic acids is 1. The Bertz CT molecular complexity index is 766. The van der Waals surface area contributed by atoms with Crippen LogP contribution in [0.3, 0.4) is 0 Å². The van der Waals surface area contributed by atoms with Crippen molar-refractivity contribution in [2.75, 3.05) is 6.61 Å². The second kappa shape index (κ2) is 9.37. The van der Waals surface area contributed by atoms with Crippen LogP contribution in [0.1, 0.15) is 38.2 Å². The largest absolute Gasteiger partial charge is 0.490 e. The average molecular weight is 369 g/mol. The van der Waals surface area contributed by atoms with Crippen LogP contribution in [0.5, 0.6) is 17.4 Å². The first-order valence-corrected chi connectivity index (χ1v) is 9.54. The molecule has 1 saturated carbocycles. The highest BCUT2D eigenvalue weighted by Crippen LogP contribution is 2.32. The number of ether oxygens (including phenoxy) is 2. The van der Waals surface area contributed by atoms with Crippen LogP contribution >= 0.6 is 0 Å². The summed E-state index contributed by atoms with van der Waals surface area (Å²) in [6, 6.07) is 11.4. The molecule has 1 fully saturated rings. The second-order valence-corrected chi connectivity index (χ2v) is 6.85. The molecule has 6 nitrogen and oxygen atoms in total. The molecule has 1 amide bonds. The van der Waals surface area contributed by atoms with E-state index >= 15 is 0 Å². The first-order chi connectivity index (χ1) is 13.2. The molecule has 0 spiro atoms. The molecule has 1 aliphatic rings. The van der Waals surface area contributed by atoms with Crippen molar-refractivity contribution in [3.8, 4) is 17.4 Å². The molecule has 0 radical (unpaired) electrons. The van der Waals surface area contributed by atoms with E-state index in [4.69, 9.17) is 15.2 Å². The van der Waals surface area contributed by atoms with Gasteiger partial charge in [0.25, 0.3) is 0 Å². The minimum absolute atomic E-state index is 0.00390. The molecule has 0 bridgehead atoms. The monoisotopic (exact) mass is 369 g/mol. The van der Waals surface area contributed by atoms with Crippen molar-refractivity contribution in [3.05, 3.63) is 48.2 Å². The fraction of sp³-hybridized carbons (Fsp3) is 0.429. The van der Waals surface area contributed by atoms with Crippen LogP contribution in [-0.2, 0) is 11.3 Å². The highest BCUT2D eigenvalue weighted by atomic mass is 16.5. The number of carbonyl (C=O) groups is 1. The van der Waals surface area contributed by atoms with Gasteiger partial charge in [-0.1, -0.05) is 25.1 Å². The molecule has 2 unspecified atom stereocenters. The lowest BCUT2D eigenvalue weighted by Gasteiger charge is -2.15. The van der Waals surface area contributed by atoms with Crippen molar-refractivity contribution in [1.82, 2.24) is 10.3 Å². The summed E-state index contributed by atoms with van der Waals surface area (Å²) in [6.07, 6.45) is 5.11. The molecule has 0 aliphatic heterocycles. The summed E-state index contributed by atoms with van der Waals surface area (Å²) in [5.74, 6) is 1.81. The Balaban J connectivity index is 1.67. The Hall–Kier alpha value is -2.60. The molecule has 1 aromatic carbocycles. The van der Waals surface area contributed by atoms with Gasteiger partial charge in [0.1, 0.15) is 0 Å². The van der Waals surface area contributed by atoms with Crippen molar-refractivity contribution < 1.29 is 14.3 Å². The third-order valence-corrected chi connectivity index (χ3v) is 4.66. The van der Waals surface area contributed by atoms with Crippen LogP contribution in [0.25, 0.3) is 0 Å². The third kappa shape index (κ3) is 5.20. The van der Waals surface area contributed by atoms with E-state index in [0.29, 0.717) is 30.5 Å². The van der Waals surface area contributed by atoms with Crippen LogP contribution in [0, 0.1) is 5.92 Å². The molecule has 144 valence electrons. The minimum Gasteiger partial charge on any atom is -0.490 e. The van der Waals surface area contributed by atoms with Gasteiger partial charge in [0.2, 0.25) is 11.8 Å². The second-order valence-electron chi connectivity index (χ2n) is 6.85. The van der Waals surface area contributed by atoms with Crippen LogP contribution in [0.4, 0.5) is 0 Å². The normalized spacial score (nSPS) is 18.9. The van der Waals surface area contributed by atoms with Gasteiger partial charge in [0.05, 0.1) is 6.61 Å². The quantitative estimate of drug-likeness (QED) is 0.745. The number of nitrogens with zero attached hydrogens (tertiary/aromatic N) is 1. The predicted octanol–water partition coefficient (Wildman–Crippen LogP) is 3.41. The van der Waals surface area contributed by atoms with Crippen LogP contribution in [-0.4, -0.2) is 23.5 Å². The lowest BCUT2D eigenvalue weighted by Crippen LogP contribution is -2.30. The molecular formula is C21H27N3O3. The van der Waals surface area contributed by atoms with E-state index in [9.17, 15) is 4.79 Å². The van der Waals surface area contributed by atoms with Crippen molar-refractivity contribution in [3.63, 3.8) is 0 Å². The highest BCUT2D eigenvalue weighted by molar-refractivity contribution is 5.79. The van der Waals surface area contributed by atoms with Gasteiger partial charge >= 0.3 is 0 Å². The van der Waals surface area contributed by atoms with E-state index in [2.05, 4.69) is 17.2 Å². The first kappa shape index (κ1) is 19.2. The molecule has 6 heteroatoms. The summed E-state index contributed by atoms with van der Waals surface area (Å²) >= 11 is 0. The predicted molar refractivity (Wildman–Crippen MR) is 104 cm³/mol. The van der Waals surface area contributed by atoms with Crippen LogP contribution in [0.2, 0.25) is 0 Å². The van der Waals surface area contributed by atoms with E-state index in [1.165, 1.54) is 0 Å². The van der Waals surface area contributed by atoms with Crippen LogP contribution < -0.4 is 20.5 Å². The standard InChI is InChI=1S/C21H27N3O3/c1-2-12-26-18-7-3-4-8-19(18)27-21-16(6-5-11-23-21)14-24-20(25)15-9-10-17(22)13-15/h3-8,11,15,17H,2,9-10,12-14,22H2,1H3,(H,24,25). The zero-order valence-electron chi connectivity index (χ0n) is 15.7. The molecule has 3 N–H and O–H groups in total. The summed E-state index contributed by atoms with van der Waals surface area (Å²) in [6.45, 7) is 3.04. The molecule has 0 saturated heterocycles. The number of hydrogen-bond acceptors (Lipinski definition) is 5. The molecule has 2 aromatic rings. The average Bonchev–Trinajstić information content (AvgIpc) is 3.13. The summed E-state index contributed by atoms with van der Waals surface area (Å²) in [7, 11) is 0. The minimum atomic E-state index is 0.00390. The highest BCUT2D eigenvalue weighted by Gasteiger charge is 2.27. The van der Waals surface area contributed by atoms with Gasteiger partial charge in [-0.3, -0.25) is 4.79 Å². The van der Waals surface area contributed by atoms with E-state index < -0.39 is 0 Å². The maximum absolute atomic E-state index is 12.4. The van der Waals surface area contributed by atoms with Crippen molar-refractivity contribution >= 4 is 5.91 Å². The van der Waals surface area contributed by atoms with Crippen molar-refractivity contribution in [2.45, 2.75) is 45.2 Å². The number of hydrogen-bond donors (Lipinski definition) is 2. The fourth-order valence-corrected chi connectivity index (χ4v) is 3.20. The van der Waals surface area contributed by atoms with E-state index in [1.807, 2.05) is 36.4 Å². The fourth-order valence-electron chi connectivity index (χ4n) is 3.20. The smallest absolute Gasteiger partial charge is 0.224 e. The zero-order valence-corrected chi connectivity index (χ0v) is 15.7. The van der Waals surface area contributed by atoms with E-state index in [0.717, 1.165) is 31.2 Å². The van der Waals surface area contributed by atoms with Gasteiger partial charge in [0.15, 0.2) is 11.5 Å². The number of pyridine rings is 1. The molecule has 27 heavy (non-hydrogen) atoms. The van der Waals surface area contributed by atoms with Crippen molar-refractivity contribution in [2.24, 2.45) is 11.7 Å². The van der Waals surface area contributed by atoms with Gasteiger partial charge in [0, 0.05) is 30.3 Å². The zero-order chi connectivity index (χ0) is 19.1. The number of nitrogens with two attached hydrogens (primary N) is 1. The Morgan fingerprint density at radius 3 is 2.78 bits per heavy atom. The van der Waals surface area contributed by atoms with Gasteiger partial charge in [-0.05, 0) is 43.9 Å². The van der Waals surface area contributed by atoms with E-state index in [-0.39, 0.29) is 17.9 Å². The number of para-hydroxylation sites is 2. The van der Waals surface area contributed by atoms with Crippen LogP contribution in [0.15, 0.2) is 42.6 Å². The number of nitrogens with one attached hydrogen (secondary N) is 1. The lowest BCUT2D eigenvalue weighted by molar-refractivity contribution is -0.125. The van der Waals surface area contributed by atoms with Gasteiger partial charge in [-0.2, -0.15) is 0 Å². The van der Waals surface area contributed by atoms with E-state index in [1.54, 1.807) is 6.20 Å². The Morgan fingerprint density at radius 1 is 1.22 bits per heavy atom. The van der Waals surface area contributed by atoms with Crippen molar-refractivity contribution in [1.29, 1.82) is 0 Å². The summed E-state index contributed by atoms with van der Waals surface area (Å²) in [4.78, 5) is 16.7. The molecule has 1 heterocycles. The Labute approximate surface area is 160 Å². The maximum atomic E-state index is 12.4. The first-order valence-electron chi connectivity index (χ1n) is 9.54. The Kier molecular flexibility index (Phi) is 6.65. The molecule has 2 atom stereocenters. The van der Waals surface area contributed by atoms with Gasteiger partial charge < -0.3 is 20.5 Å². The Morgan fingerprint density at radius 2 is 2.04 bits per heavy atom. The third-order valence-electron chi connectivity index (χ3n) is 4.66. The number of benzene rings is 1. The molecule has 1 aliphatic carbocycles. The lowest BCUT2D eigenvalue weighted by atomic mass is 10.1. The topological polar surface area (TPSA) is 86.5 Å². The summed E-state index contributed by atoms with van der Waals surface area (Å²) < 4.78 is 11.7. The molecular weight excluding hydrogens is 342 g/mol. The summed E-state index contributed by atoms with van der Waals surface area (Å²) in [5.41, 5.74) is 6.73. The van der Waals surface area contributed by atoms with Gasteiger partial charge in [-0.25, -0.2) is 4.98 Å². The number of aromatic nitrogens is 1. The van der Waals surface area contributed by atoms with Gasteiger partial charge in [-0.15, -0.1) is 0 Å². The molecule has 3 rings (SSSR count). The summed E-state index contributed by atoms with van der Waals surface area (Å²) in [5, 5.41) is 2.99. The maximum Gasteiger partial charge on any atom is 0.224 e. The SMILES string of the molecule is CCCOc1ccccc1Oc1ncccc1CNC(=O)C1CCC(N)C1. The number of rotatable bonds is 8. The molecule has 1 aromatic heterocycles.